The third-order valence-electron chi connectivity index (χ3n) is 7.23. The lowest BCUT2D eigenvalue weighted by Crippen LogP contribution is -2.21. The Labute approximate surface area is 247 Å². The molecule has 1 amide bonds. The lowest BCUT2D eigenvalue weighted by molar-refractivity contribution is -0.137. The number of hydrogen-bond donors (Lipinski definition) is 1. The van der Waals surface area contributed by atoms with Crippen LogP contribution in [0.3, 0.4) is 0 Å². The van der Waals surface area contributed by atoms with Crippen molar-refractivity contribution in [3.05, 3.63) is 130 Å². The molecule has 44 heavy (non-hydrogen) atoms. The molecule has 6 rings (SSSR count). The Morgan fingerprint density at radius 2 is 1.64 bits per heavy atom. The summed E-state index contributed by atoms with van der Waals surface area (Å²) < 4.78 is 57.5. The molecule has 4 aromatic carbocycles. The van der Waals surface area contributed by atoms with Crippen LogP contribution in [0.2, 0.25) is 0 Å². The van der Waals surface area contributed by atoms with E-state index in [1.807, 2.05) is 12.1 Å². The summed E-state index contributed by atoms with van der Waals surface area (Å²) in [5.74, 6) is -1.08. The highest BCUT2D eigenvalue weighted by atomic mass is 19.4. The molecule has 0 atom stereocenters. The highest BCUT2D eigenvalue weighted by Gasteiger charge is 2.31. The molecule has 0 aliphatic rings. The van der Waals surface area contributed by atoms with Crippen molar-refractivity contribution in [3.8, 4) is 11.4 Å². The predicted molar refractivity (Wildman–Crippen MR) is 161 cm³/mol. The Kier molecular flexibility index (Phi) is 7.30. The van der Waals surface area contributed by atoms with Crippen LogP contribution < -0.4 is 10.9 Å². The van der Waals surface area contributed by atoms with Crippen molar-refractivity contribution in [3.63, 3.8) is 0 Å². The topological polar surface area (TPSA) is 81.3 Å². The number of rotatable bonds is 6. The Morgan fingerprint density at radius 3 is 2.41 bits per heavy atom. The molecular weight excluding hydrogens is 574 g/mol. The van der Waals surface area contributed by atoms with Crippen LogP contribution in [0.15, 0.2) is 107 Å². The van der Waals surface area contributed by atoms with Crippen molar-refractivity contribution in [1.82, 2.24) is 14.2 Å². The molecule has 0 aliphatic carbocycles. The maximum atomic E-state index is 14.1. The summed E-state index contributed by atoms with van der Waals surface area (Å²) in [6, 6.07) is 24.1. The van der Waals surface area contributed by atoms with Gasteiger partial charge in [0.1, 0.15) is 12.4 Å². The highest BCUT2D eigenvalue weighted by molar-refractivity contribution is 6.02. The van der Waals surface area contributed by atoms with E-state index in [2.05, 4.69) is 15.4 Å². The smallest absolute Gasteiger partial charge is 0.335 e. The normalized spacial score (nSPS) is 11.9. The molecule has 11 heteroatoms. The number of alkyl halides is 3. The first-order valence-corrected chi connectivity index (χ1v) is 13.5. The number of anilines is 1. The number of aromatic nitrogens is 3. The van der Waals surface area contributed by atoms with Gasteiger partial charge in [-0.3, -0.25) is 9.59 Å². The van der Waals surface area contributed by atoms with Crippen molar-refractivity contribution in [2.24, 2.45) is 5.10 Å². The standard InChI is InChI=1S/C33H23F4N5O2/c1-20-25(23-11-3-7-16-29(23)41(20)19-30(43)39-28-15-6-4-13-26(28)34)18-38-42-31(21-9-8-10-22(17-21)33(35,36)37)40-27-14-5-2-12-24(27)32(42)44/h2-18H,19H2,1H3,(H,39,43). The molecule has 220 valence electrons. The van der Waals surface area contributed by atoms with Crippen LogP contribution in [0.5, 0.6) is 0 Å². The van der Waals surface area contributed by atoms with Gasteiger partial charge < -0.3 is 9.88 Å². The predicted octanol–water partition coefficient (Wildman–Crippen LogP) is 7.01. The molecule has 0 fully saturated rings. The van der Waals surface area contributed by atoms with E-state index in [4.69, 9.17) is 0 Å². The number of hydrogen-bond acceptors (Lipinski definition) is 4. The van der Waals surface area contributed by atoms with E-state index in [0.717, 1.165) is 22.2 Å². The maximum absolute atomic E-state index is 14.1. The van der Waals surface area contributed by atoms with E-state index < -0.39 is 29.0 Å². The van der Waals surface area contributed by atoms with Gasteiger partial charge in [0, 0.05) is 27.7 Å². The molecule has 0 saturated heterocycles. The second-order valence-electron chi connectivity index (χ2n) is 10.0. The van der Waals surface area contributed by atoms with Crippen LogP contribution >= 0.6 is 0 Å². The van der Waals surface area contributed by atoms with E-state index in [1.54, 1.807) is 54.0 Å². The fourth-order valence-corrected chi connectivity index (χ4v) is 5.09. The lowest BCUT2D eigenvalue weighted by atomic mass is 10.1. The molecule has 2 heterocycles. The van der Waals surface area contributed by atoms with Crippen LogP contribution in [0, 0.1) is 12.7 Å². The van der Waals surface area contributed by atoms with Crippen LogP contribution in [0.25, 0.3) is 33.2 Å². The third kappa shape index (κ3) is 5.35. The molecule has 7 nitrogen and oxygen atoms in total. The van der Waals surface area contributed by atoms with Gasteiger partial charge in [-0.25, -0.2) is 9.37 Å². The van der Waals surface area contributed by atoms with Crippen LogP contribution in [-0.2, 0) is 17.5 Å². The number of nitrogens with zero attached hydrogens (tertiary/aromatic N) is 4. The zero-order valence-corrected chi connectivity index (χ0v) is 23.1. The maximum Gasteiger partial charge on any atom is 0.416 e. The molecule has 0 spiro atoms. The second-order valence-corrected chi connectivity index (χ2v) is 10.0. The van der Waals surface area contributed by atoms with Gasteiger partial charge in [0.05, 0.1) is 28.4 Å². The van der Waals surface area contributed by atoms with Crippen LogP contribution in [0.4, 0.5) is 23.2 Å². The van der Waals surface area contributed by atoms with E-state index in [1.165, 1.54) is 36.5 Å². The summed E-state index contributed by atoms with van der Waals surface area (Å²) in [6.07, 6.45) is -3.17. The van der Waals surface area contributed by atoms with Gasteiger partial charge in [-0.15, -0.1) is 0 Å². The van der Waals surface area contributed by atoms with Gasteiger partial charge in [-0.1, -0.05) is 54.6 Å². The average Bonchev–Trinajstić information content (AvgIpc) is 3.27. The number of para-hydroxylation sites is 3. The molecule has 0 saturated carbocycles. The first kappa shape index (κ1) is 28.5. The van der Waals surface area contributed by atoms with Crippen LogP contribution in [0.1, 0.15) is 16.8 Å². The second kappa shape index (κ2) is 11.3. The van der Waals surface area contributed by atoms with Gasteiger partial charge in [-0.2, -0.15) is 22.9 Å². The average molecular weight is 598 g/mol. The number of amides is 1. The number of benzene rings is 4. The Morgan fingerprint density at radius 1 is 0.932 bits per heavy atom. The van der Waals surface area contributed by atoms with Gasteiger partial charge in [0.15, 0.2) is 5.82 Å². The Bertz CT molecular complexity index is 2150. The summed E-state index contributed by atoms with van der Waals surface area (Å²) in [5.41, 5.74) is 0.866. The van der Waals surface area contributed by atoms with Gasteiger partial charge >= 0.3 is 6.18 Å². The van der Waals surface area contributed by atoms with Crippen molar-refractivity contribution in [2.45, 2.75) is 19.6 Å². The molecule has 0 bridgehead atoms. The van der Waals surface area contributed by atoms with Crippen molar-refractivity contribution < 1.29 is 22.4 Å². The quantitative estimate of drug-likeness (QED) is 0.166. The largest absolute Gasteiger partial charge is 0.416 e. The number of nitrogens with one attached hydrogen (secondary N) is 1. The van der Waals surface area contributed by atoms with Crippen molar-refractivity contribution >= 4 is 39.6 Å². The number of halogens is 4. The summed E-state index contributed by atoms with van der Waals surface area (Å²) in [7, 11) is 0. The first-order chi connectivity index (χ1) is 21.1. The van der Waals surface area contributed by atoms with Crippen molar-refractivity contribution in [1.29, 1.82) is 0 Å². The SMILES string of the molecule is Cc1c(C=Nn2c(-c3cccc(C(F)(F)F)c3)nc3ccccc3c2=O)c2ccccc2n1CC(=O)Nc1ccccc1F. The van der Waals surface area contributed by atoms with Gasteiger partial charge in [0.2, 0.25) is 5.91 Å². The van der Waals surface area contributed by atoms with Gasteiger partial charge in [0.25, 0.3) is 5.56 Å². The lowest BCUT2D eigenvalue weighted by Gasteiger charge is -2.12. The van der Waals surface area contributed by atoms with Crippen LogP contribution in [-0.4, -0.2) is 26.3 Å². The molecular formula is C33H23F4N5O2. The molecule has 0 radical (unpaired) electrons. The Balaban J connectivity index is 1.46. The van der Waals surface area contributed by atoms with E-state index in [9.17, 15) is 27.2 Å². The number of carbonyl (C=O) groups is 1. The molecule has 1 N–H and O–H groups in total. The third-order valence-corrected chi connectivity index (χ3v) is 7.23. The van der Waals surface area contributed by atoms with E-state index in [0.29, 0.717) is 22.3 Å². The summed E-state index contributed by atoms with van der Waals surface area (Å²) in [4.78, 5) is 31.1. The fraction of sp³-hybridized carbons (Fsp3) is 0.0909. The Hall–Kier alpha value is -5.58. The van der Waals surface area contributed by atoms with Gasteiger partial charge in [-0.05, 0) is 49.4 Å². The summed E-state index contributed by atoms with van der Waals surface area (Å²) >= 11 is 0. The molecule has 6 aromatic rings. The zero-order valence-electron chi connectivity index (χ0n) is 23.1. The minimum atomic E-state index is -4.60. The first-order valence-electron chi connectivity index (χ1n) is 13.5. The minimum absolute atomic E-state index is 0.0544. The number of fused-ring (bicyclic) bond motifs is 2. The molecule has 0 unspecified atom stereocenters. The fourth-order valence-electron chi connectivity index (χ4n) is 5.09. The van der Waals surface area contributed by atoms with E-state index in [-0.39, 0.29) is 29.0 Å². The summed E-state index contributed by atoms with van der Waals surface area (Å²) in [6.45, 7) is 1.63. The highest BCUT2D eigenvalue weighted by Crippen LogP contribution is 2.32. The van der Waals surface area contributed by atoms with E-state index >= 15 is 0 Å². The monoisotopic (exact) mass is 597 g/mol. The zero-order chi connectivity index (χ0) is 31.0. The summed E-state index contributed by atoms with van der Waals surface area (Å²) in [5, 5.41) is 7.99. The molecule has 0 aliphatic heterocycles. The molecule has 2 aromatic heterocycles. The number of carbonyl (C=O) groups excluding carboxylic acids is 1. The minimum Gasteiger partial charge on any atom is -0.335 e. The van der Waals surface area contributed by atoms with Crippen molar-refractivity contribution in [2.75, 3.05) is 5.32 Å².